The van der Waals surface area contributed by atoms with Gasteiger partial charge in [0.15, 0.2) is 0 Å². The molecule has 0 heterocycles. The maximum absolute atomic E-state index is 12.2. The molecule has 1 N–H and O–H groups in total. The lowest BCUT2D eigenvalue weighted by Gasteiger charge is -2.10. The number of hydrogen-bond acceptors (Lipinski definition) is 2. The van der Waals surface area contributed by atoms with Crippen molar-refractivity contribution >= 4 is 5.91 Å². The van der Waals surface area contributed by atoms with Crippen molar-refractivity contribution in [3.05, 3.63) is 90.0 Å². The van der Waals surface area contributed by atoms with Crippen LogP contribution in [0.4, 0.5) is 0 Å². The van der Waals surface area contributed by atoms with Crippen LogP contribution in [-0.2, 0) is 17.6 Å². The van der Waals surface area contributed by atoms with E-state index in [4.69, 9.17) is 4.74 Å². The van der Waals surface area contributed by atoms with E-state index >= 15 is 0 Å². The van der Waals surface area contributed by atoms with Gasteiger partial charge in [0.2, 0.25) is 5.91 Å². The molecular formula is C25H27NO2. The summed E-state index contributed by atoms with van der Waals surface area (Å²) < 4.78 is 5.65. The van der Waals surface area contributed by atoms with Crippen LogP contribution < -0.4 is 10.1 Å². The zero-order chi connectivity index (χ0) is 19.6. The molecule has 3 heteroatoms. The molecule has 0 spiro atoms. The Balaban J connectivity index is 1.43. The second-order valence-electron chi connectivity index (χ2n) is 6.73. The van der Waals surface area contributed by atoms with Gasteiger partial charge in [0.05, 0.1) is 13.0 Å². The Morgan fingerprint density at radius 3 is 2.29 bits per heavy atom. The van der Waals surface area contributed by atoms with E-state index in [0.717, 1.165) is 29.7 Å². The summed E-state index contributed by atoms with van der Waals surface area (Å²) in [7, 11) is 0. The van der Waals surface area contributed by atoms with Crippen molar-refractivity contribution in [1.82, 2.24) is 5.32 Å². The largest absolute Gasteiger partial charge is 0.494 e. The van der Waals surface area contributed by atoms with E-state index in [9.17, 15) is 4.79 Å². The van der Waals surface area contributed by atoms with Gasteiger partial charge in [-0.15, -0.1) is 0 Å². The van der Waals surface area contributed by atoms with Crippen molar-refractivity contribution in [3.8, 4) is 16.9 Å². The molecule has 144 valence electrons. The molecule has 0 saturated carbocycles. The van der Waals surface area contributed by atoms with Crippen LogP contribution in [0.5, 0.6) is 5.75 Å². The highest BCUT2D eigenvalue weighted by atomic mass is 16.5. The molecule has 3 rings (SSSR count). The first kappa shape index (κ1) is 19.7. The minimum atomic E-state index is 0.0607. The Hall–Kier alpha value is -3.07. The molecule has 3 aromatic rings. The molecule has 0 bridgehead atoms. The monoisotopic (exact) mass is 373 g/mol. The van der Waals surface area contributed by atoms with Gasteiger partial charge in [-0.1, -0.05) is 72.8 Å². The number of benzene rings is 3. The van der Waals surface area contributed by atoms with E-state index in [1.54, 1.807) is 0 Å². The lowest BCUT2D eigenvalue weighted by Crippen LogP contribution is -2.26. The molecule has 0 unspecified atom stereocenters. The number of rotatable bonds is 9. The Kier molecular flexibility index (Phi) is 7.25. The summed E-state index contributed by atoms with van der Waals surface area (Å²) in [6, 6.07) is 26.5. The third-order valence-corrected chi connectivity index (χ3v) is 4.64. The van der Waals surface area contributed by atoms with Crippen LogP contribution >= 0.6 is 0 Å². The Bertz CT molecular complexity index is 873. The lowest BCUT2D eigenvalue weighted by atomic mass is 10.0. The maximum Gasteiger partial charge on any atom is 0.224 e. The minimum absolute atomic E-state index is 0.0607. The molecule has 28 heavy (non-hydrogen) atoms. The Morgan fingerprint density at radius 2 is 1.54 bits per heavy atom. The molecule has 0 radical (unpaired) electrons. The summed E-state index contributed by atoms with van der Waals surface area (Å²) in [4.78, 5) is 12.2. The summed E-state index contributed by atoms with van der Waals surface area (Å²) in [5.74, 6) is 1.00. The van der Waals surface area contributed by atoms with Crippen molar-refractivity contribution in [2.75, 3.05) is 13.2 Å². The number of carbonyl (C=O) groups excluding carboxylic acids is 1. The summed E-state index contributed by atoms with van der Waals surface area (Å²) in [6.07, 6.45) is 2.19. The highest BCUT2D eigenvalue weighted by Crippen LogP contribution is 2.20. The normalized spacial score (nSPS) is 10.5. The van der Waals surface area contributed by atoms with E-state index in [0.29, 0.717) is 19.6 Å². The fourth-order valence-electron chi connectivity index (χ4n) is 3.21. The van der Waals surface area contributed by atoms with E-state index in [1.807, 2.05) is 55.5 Å². The van der Waals surface area contributed by atoms with E-state index < -0.39 is 0 Å². The fraction of sp³-hybridized carbons (Fsp3) is 0.240. The van der Waals surface area contributed by atoms with Gasteiger partial charge in [-0.2, -0.15) is 0 Å². The fourth-order valence-corrected chi connectivity index (χ4v) is 3.21. The number of carbonyl (C=O) groups is 1. The number of nitrogens with one attached hydrogen (secondary N) is 1. The maximum atomic E-state index is 12.2. The van der Waals surface area contributed by atoms with Gasteiger partial charge >= 0.3 is 0 Å². The molecule has 3 aromatic carbocycles. The van der Waals surface area contributed by atoms with Crippen LogP contribution in [0, 0.1) is 0 Å². The molecule has 0 aromatic heterocycles. The summed E-state index contributed by atoms with van der Waals surface area (Å²) in [5.41, 5.74) is 4.57. The van der Waals surface area contributed by atoms with E-state index in [-0.39, 0.29) is 5.91 Å². The predicted molar refractivity (Wildman–Crippen MR) is 115 cm³/mol. The Labute approximate surface area is 167 Å². The smallest absolute Gasteiger partial charge is 0.224 e. The highest BCUT2D eigenvalue weighted by molar-refractivity contribution is 5.78. The van der Waals surface area contributed by atoms with Crippen molar-refractivity contribution in [3.63, 3.8) is 0 Å². The number of amides is 1. The first-order chi connectivity index (χ1) is 13.8. The van der Waals surface area contributed by atoms with Crippen LogP contribution in [0.3, 0.4) is 0 Å². The SMILES string of the molecule is CCOc1ccccc1CCCNC(=O)Cc1ccc(-c2ccccc2)cc1. The summed E-state index contributed by atoms with van der Waals surface area (Å²) >= 11 is 0. The average molecular weight is 373 g/mol. The minimum Gasteiger partial charge on any atom is -0.494 e. The van der Waals surface area contributed by atoms with Gasteiger partial charge in [-0.05, 0) is 48.1 Å². The van der Waals surface area contributed by atoms with Gasteiger partial charge in [0.1, 0.15) is 5.75 Å². The van der Waals surface area contributed by atoms with Crippen LogP contribution in [0.15, 0.2) is 78.9 Å². The summed E-state index contributed by atoms with van der Waals surface area (Å²) in [5, 5.41) is 3.02. The molecular weight excluding hydrogens is 346 g/mol. The molecule has 0 aliphatic carbocycles. The number of aryl methyl sites for hydroxylation is 1. The molecule has 0 atom stereocenters. The van der Waals surface area contributed by atoms with Crippen LogP contribution in [0.2, 0.25) is 0 Å². The van der Waals surface area contributed by atoms with E-state index in [1.165, 1.54) is 11.1 Å². The third-order valence-electron chi connectivity index (χ3n) is 4.64. The van der Waals surface area contributed by atoms with Gasteiger partial charge in [0, 0.05) is 6.54 Å². The van der Waals surface area contributed by atoms with Gasteiger partial charge in [-0.3, -0.25) is 4.79 Å². The first-order valence-corrected chi connectivity index (χ1v) is 9.88. The molecule has 0 saturated heterocycles. The van der Waals surface area contributed by atoms with Gasteiger partial charge < -0.3 is 10.1 Å². The number of ether oxygens (including phenoxy) is 1. The number of para-hydroxylation sites is 1. The van der Waals surface area contributed by atoms with Crippen molar-refractivity contribution in [2.24, 2.45) is 0 Å². The third kappa shape index (κ3) is 5.71. The lowest BCUT2D eigenvalue weighted by molar-refractivity contribution is -0.120. The second-order valence-corrected chi connectivity index (χ2v) is 6.73. The predicted octanol–water partition coefficient (Wildman–Crippen LogP) is 5.04. The van der Waals surface area contributed by atoms with Crippen LogP contribution in [0.25, 0.3) is 11.1 Å². The Morgan fingerprint density at radius 1 is 0.857 bits per heavy atom. The van der Waals surface area contributed by atoms with Crippen molar-refractivity contribution in [2.45, 2.75) is 26.2 Å². The van der Waals surface area contributed by atoms with Gasteiger partial charge in [-0.25, -0.2) is 0 Å². The zero-order valence-electron chi connectivity index (χ0n) is 16.4. The highest BCUT2D eigenvalue weighted by Gasteiger charge is 2.05. The standard InChI is InChI=1S/C25H27NO2/c1-2-28-24-13-7-6-11-23(24)12-8-18-26-25(27)19-20-14-16-22(17-15-20)21-9-4-3-5-10-21/h3-7,9-11,13-17H,2,8,12,18-19H2,1H3,(H,26,27). The van der Waals surface area contributed by atoms with Crippen molar-refractivity contribution < 1.29 is 9.53 Å². The van der Waals surface area contributed by atoms with E-state index in [2.05, 4.69) is 35.6 Å². The number of hydrogen-bond donors (Lipinski definition) is 1. The molecule has 3 nitrogen and oxygen atoms in total. The first-order valence-electron chi connectivity index (χ1n) is 9.88. The van der Waals surface area contributed by atoms with Crippen LogP contribution in [-0.4, -0.2) is 19.1 Å². The summed E-state index contributed by atoms with van der Waals surface area (Å²) in [6.45, 7) is 3.32. The second kappa shape index (κ2) is 10.3. The quantitative estimate of drug-likeness (QED) is 0.534. The van der Waals surface area contributed by atoms with Gasteiger partial charge in [0.25, 0.3) is 0 Å². The molecule has 0 aliphatic heterocycles. The average Bonchev–Trinajstić information content (AvgIpc) is 2.74. The molecule has 0 aliphatic rings. The van der Waals surface area contributed by atoms with Crippen molar-refractivity contribution in [1.29, 1.82) is 0 Å². The topological polar surface area (TPSA) is 38.3 Å². The molecule has 0 fully saturated rings. The van der Waals surface area contributed by atoms with Crippen LogP contribution in [0.1, 0.15) is 24.5 Å². The molecule has 1 amide bonds. The zero-order valence-corrected chi connectivity index (χ0v) is 16.4.